The van der Waals surface area contributed by atoms with E-state index in [1.807, 2.05) is 0 Å². The lowest BCUT2D eigenvalue weighted by Crippen LogP contribution is -2.14. The van der Waals surface area contributed by atoms with Gasteiger partial charge in [-0.3, -0.25) is 9.52 Å². The molecule has 2 rings (SSSR count). The van der Waals surface area contributed by atoms with Gasteiger partial charge in [0.25, 0.3) is 10.0 Å². The van der Waals surface area contributed by atoms with E-state index in [0.29, 0.717) is 0 Å². The van der Waals surface area contributed by atoms with E-state index in [2.05, 4.69) is 4.72 Å². The minimum Gasteiger partial charge on any atom is -0.366 e. The van der Waals surface area contributed by atoms with E-state index >= 15 is 0 Å². The van der Waals surface area contributed by atoms with Crippen LogP contribution in [0.2, 0.25) is 0 Å². The average Bonchev–Trinajstić information content (AvgIpc) is 2.55. The predicted octanol–water partition coefficient (Wildman–Crippen LogP) is 1.38. The molecule has 0 unspecified atom stereocenters. The molecule has 0 saturated heterocycles. The molecule has 9 heteroatoms. The Morgan fingerprint density at radius 2 is 1.42 bits per heavy atom. The van der Waals surface area contributed by atoms with Crippen molar-refractivity contribution < 1.29 is 21.6 Å². The van der Waals surface area contributed by atoms with Crippen molar-refractivity contribution >= 4 is 31.5 Å². The van der Waals surface area contributed by atoms with Crippen LogP contribution >= 0.6 is 0 Å². The maximum Gasteiger partial charge on any atom is 0.261 e. The summed E-state index contributed by atoms with van der Waals surface area (Å²) in [6.07, 6.45) is 0. The second-order valence-electron chi connectivity index (χ2n) is 4.92. The second-order valence-corrected chi connectivity index (χ2v) is 8.88. The summed E-state index contributed by atoms with van der Waals surface area (Å²) in [5.41, 5.74) is 5.53. The predicted molar refractivity (Wildman–Crippen MR) is 89.9 cm³/mol. The van der Waals surface area contributed by atoms with Gasteiger partial charge in [-0.1, -0.05) is 6.92 Å². The van der Waals surface area contributed by atoms with Crippen LogP contribution in [0.1, 0.15) is 17.3 Å². The van der Waals surface area contributed by atoms with E-state index in [9.17, 15) is 21.6 Å². The van der Waals surface area contributed by atoms with Crippen molar-refractivity contribution in [1.82, 2.24) is 0 Å². The van der Waals surface area contributed by atoms with Crippen LogP contribution in [-0.2, 0) is 19.9 Å². The highest BCUT2D eigenvalue weighted by atomic mass is 32.2. The van der Waals surface area contributed by atoms with Crippen molar-refractivity contribution in [2.24, 2.45) is 5.73 Å². The number of carbonyl (C=O) groups is 1. The molecule has 0 bridgehead atoms. The first-order valence-electron chi connectivity index (χ1n) is 6.91. The second kappa shape index (κ2) is 6.62. The third kappa shape index (κ3) is 3.92. The minimum absolute atomic E-state index is 0.0374. The molecule has 128 valence electrons. The number of hydrogen-bond donors (Lipinski definition) is 2. The number of benzene rings is 2. The Morgan fingerprint density at radius 1 is 0.917 bits per heavy atom. The zero-order chi connectivity index (χ0) is 18.0. The molecule has 2 aromatic carbocycles. The summed E-state index contributed by atoms with van der Waals surface area (Å²) in [6.45, 7) is 1.53. The van der Waals surface area contributed by atoms with Gasteiger partial charge in [-0.2, -0.15) is 0 Å². The van der Waals surface area contributed by atoms with Gasteiger partial charge >= 0.3 is 0 Å². The topological polar surface area (TPSA) is 123 Å². The molecule has 3 N–H and O–H groups in total. The molecular weight excluding hydrogens is 352 g/mol. The number of nitrogens with two attached hydrogens (primary N) is 1. The third-order valence-electron chi connectivity index (χ3n) is 3.29. The van der Waals surface area contributed by atoms with Crippen molar-refractivity contribution in [2.75, 3.05) is 10.5 Å². The molecule has 0 atom stereocenters. The fourth-order valence-electron chi connectivity index (χ4n) is 1.91. The third-order valence-corrected chi connectivity index (χ3v) is 6.44. The lowest BCUT2D eigenvalue weighted by molar-refractivity contribution is 0.1000. The zero-order valence-corrected chi connectivity index (χ0v) is 14.4. The average molecular weight is 368 g/mol. The number of sulfone groups is 1. The first kappa shape index (κ1) is 18.0. The summed E-state index contributed by atoms with van der Waals surface area (Å²) in [4.78, 5) is 11.1. The van der Waals surface area contributed by atoms with Gasteiger partial charge < -0.3 is 5.73 Å². The van der Waals surface area contributed by atoms with Crippen molar-refractivity contribution in [3.05, 3.63) is 54.1 Å². The Morgan fingerprint density at radius 3 is 1.88 bits per heavy atom. The summed E-state index contributed by atoms with van der Waals surface area (Å²) in [5.74, 6) is -0.691. The number of amides is 1. The Balaban J connectivity index is 2.24. The number of primary amides is 1. The van der Waals surface area contributed by atoms with Crippen LogP contribution in [-0.4, -0.2) is 28.5 Å². The van der Waals surface area contributed by atoms with Crippen LogP contribution in [0, 0.1) is 0 Å². The molecule has 1 amide bonds. The van der Waals surface area contributed by atoms with Crippen LogP contribution in [0.5, 0.6) is 0 Å². The van der Waals surface area contributed by atoms with Gasteiger partial charge in [0.2, 0.25) is 5.91 Å². The van der Waals surface area contributed by atoms with Gasteiger partial charge in [0, 0.05) is 11.3 Å². The van der Waals surface area contributed by atoms with E-state index in [-0.39, 0.29) is 26.8 Å². The van der Waals surface area contributed by atoms with Crippen LogP contribution in [0.4, 0.5) is 5.69 Å². The number of hydrogen-bond acceptors (Lipinski definition) is 5. The molecule has 0 aromatic heterocycles. The molecule has 0 radical (unpaired) electrons. The standard InChI is InChI=1S/C15H16N2O5S2/c1-2-23(19,20)13-9-5-12(6-10-13)17-24(21,22)14-7-3-11(4-8-14)15(16)18/h3-10,17H,2H2,1H3,(H2,16,18). The molecule has 0 fully saturated rings. The molecule has 0 aliphatic heterocycles. The highest BCUT2D eigenvalue weighted by Gasteiger charge is 2.16. The molecule has 24 heavy (non-hydrogen) atoms. The summed E-state index contributed by atoms with van der Waals surface area (Å²) in [5, 5.41) is 0. The van der Waals surface area contributed by atoms with Crippen molar-refractivity contribution in [3.63, 3.8) is 0 Å². The summed E-state index contributed by atoms with van der Waals surface area (Å²) in [6, 6.07) is 10.6. The fraction of sp³-hybridized carbons (Fsp3) is 0.133. The smallest absolute Gasteiger partial charge is 0.261 e. The van der Waals surface area contributed by atoms with E-state index in [4.69, 9.17) is 5.73 Å². The lowest BCUT2D eigenvalue weighted by Gasteiger charge is -2.09. The van der Waals surface area contributed by atoms with Crippen molar-refractivity contribution in [2.45, 2.75) is 16.7 Å². The van der Waals surface area contributed by atoms with Crippen molar-refractivity contribution in [1.29, 1.82) is 0 Å². The normalized spacial score (nSPS) is 11.9. The summed E-state index contributed by atoms with van der Waals surface area (Å²) < 4.78 is 50.4. The Hall–Kier alpha value is -2.39. The number of nitrogens with one attached hydrogen (secondary N) is 1. The van der Waals surface area contributed by atoms with E-state index in [1.54, 1.807) is 0 Å². The maximum atomic E-state index is 12.3. The van der Waals surface area contributed by atoms with Gasteiger partial charge in [0.05, 0.1) is 15.5 Å². The van der Waals surface area contributed by atoms with E-state index in [1.165, 1.54) is 55.5 Å². The summed E-state index contributed by atoms with van der Waals surface area (Å²) in [7, 11) is -7.21. The Kier molecular flexibility index (Phi) is 4.95. The SMILES string of the molecule is CCS(=O)(=O)c1ccc(NS(=O)(=O)c2ccc(C(N)=O)cc2)cc1. The summed E-state index contributed by atoms with van der Waals surface area (Å²) >= 11 is 0. The largest absolute Gasteiger partial charge is 0.366 e. The van der Waals surface area contributed by atoms with Crippen LogP contribution in [0.3, 0.4) is 0 Å². The maximum absolute atomic E-state index is 12.3. The highest BCUT2D eigenvalue weighted by molar-refractivity contribution is 7.92. The van der Waals surface area contributed by atoms with Gasteiger partial charge in [0.1, 0.15) is 0 Å². The number of sulfonamides is 1. The number of carbonyl (C=O) groups excluding carboxylic acids is 1. The monoisotopic (exact) mass is 368 g/mol. The number of anilines is 1. The van der Waals surface area contributed by atoms with Crippen LogP contribution in [0.25, 0.3) is 0 Å². The molecule has 0 spiro atoms. The molecule has 0 aliphatic rings. The first-order chi connectivity index (χ1) is 11.2. The van der Waals surface area contributed by atoms with Gasteiger partial charge in [-0.15, -0.1) is 0 Å². The van der Waals surface area contributed by atoms with Gasteiger partial charge in [0.15, 0.2) is 9.84 Å². The first-order valence-corrected chi connectivity index (χ1v) is 10.0. The van der Waals surface area contributed by atoms with Crippen LogP contribution < -0.4 is 10.5 Å². The van der Waals surface area contributed by atoms with Gasteiger partial charge in [-0.25, -0.2) is 16.8 Å². The number of rotatable bonds is 6. The van der Waals surface area contributed by atoms with Crippen molar-refractivity contribution in [3.8, 4) is 0 Å². The van der Waals surface area contributed by atoms with Gasteiger partial charge in [-0.05, 0) is 48.5 Å². The molecule has 0 heterocycles. The van der Waals surface area contributed by atoms with Crippen LogP contribution in [0.15, 0.2) is 58.3 Å². The molecule has 0 saturated carbocycles. The molecule has 7 nitrogen and oxygen atoms in total. The minimum atomic E-state index is -3.86. The Bertz CT molecular complexity index is 948. The lowest BCUT2D eigenvalue weighted by atomic mass is 10.2. The Labute approximate surface area is 140 Å². The molecule has 0 aliphatic carbocycles. The molecule has 2 aromatic rings. The molecular formula is C15H16N2O5S2. The fourth-order valence-corrected chi connectivity index (χ4v) is 3.85. The van der Waals surface area contributed by atoms with E-state index in [0.717, 1.165) is 0 Å². The highest BCUT2D eigenvalue weighted by Crippen LogP contribution is 2.19. The van der Waals surface area contributed by atoms with E-state index < -0.39 is 25.8 Å². The quantitative estimate of drug-likeness (QED) is 0.797. The zero-order valence-electron chi connectivity index (χ0n) is 12.8.